The number of aliphatic imine (C=N–C) groups is 1. The molecule has 138 valence electrons. The molecule has 1 aromatic heterocycles. The van der Waals surface area contributed by atoms with Crippen LogP contribution in [-0.4, -0.2) is 21.8 Å². The lowest BCUT2D eigenvalue weighted by molar-refractivity contribution is 0.0697. The summed E-state index contributed by atoms with van der Waals surface area (Å²) in [5, 5.41) is 9.59. The third-order valence-electron chi connectivity index (χ3n) is 4.58. The molecule has 0 spiro atoms. The monoisotopic (exact) mass is 390 g/mol. The van der Waals surface area contributed by atoms with E-state index >= 15 is 0 Å². The molecule has 0 radical (unpaired) electrons. The first-order valence-corrected chi connectivity index (χ1v) is 8.99. The molecular formula is C22H15ClN2O3. The third-order valence-corrected chi connectivity index (χ3v) is 4.91. The van der Waals surface area contributed by atoms with Gasteiger partial charge < -0.3 is 10.1 Å². The molecule has 4 rings (SSSR count). The summed E-state index contributed by atoms with van der Waals surface area (Å²) in [6.07, 6.45) is 2.09. The molecule has 0 atom stereocenters. The Labute approximate surface area is 165 Å². The predicted molar refractivity (Wildman–Crippen MR) is 110 cm³/mol. The molecule has 0 amide bonds. The van der Waals surface area contributed by atoms with E-state index in [1.54, 1.807) is 30.5 Å². The summed E-state index contributed by atoms with van der Waals surface area (Å²) in [6.45, 7) is 0. The highest BCUT2D eigenvalue weighted by atomic mass is 35.5. The lowest BCUT2D eigenvalue weighted by Crippen LogP contribution is -2.03. The maximum Gasteiger partial charge on any atom is 0.337 e. The summed E-state index contributed by atoms with van der Waals surface area (Å²) in [5.41, 5.74) is 4.54. The van der Waals surface area contributed by atoms with Gasteiger partial charge in [0.05, 0.1) is 22.0 Å². The minimum atomic E-state index is -1.09. The first kappa shape index (κ1) is 17.9. The number of halogens is 1. The van der Waals surface area contributed by atoms with Crippen molar-refractivity contribution in [1.82, 2.24) is 4.98 Å². The van der Waals surface area contributed by atoms with Gasteiger partial charge in [0.1, 0.15) is 0 Å². The van der Waals surface area contributed by atoms with Crippen molar-refractivity contribution in [1.29, 1.82) is 0 Å². The number of carboxylic acids is 1. The van der Waals surface area contributed by atoms with E-state index in [9.17, 15) is 14.7 Å². The number of pyridine rings is 1. The van der Waals surface area contributed by atoms with Crippen LogP contribution in [0.25, 0.3) is 11.3 Å². The van der Waals surface area contributed by atoms with Crippen LogP contribution in [0.5, 0.6) is 0 Å². The Balaban J connectivity index is 1.88. The minimum absolute atomic E-state index is 0.0325. The van der Waals surface area contributed by atoms with Crippen LogP contribution in [0.15, 0.2) is 76.6 Å². The number of H-pyrrole nitrogens is 1. The molecule has 28 heavy (non-hydrogen) atoms. The lowest BCUT2D eigenvalue weighted by Gasteiger charge is -2.09. The number of hydrogen-bond acceptors (Lipinski definition) is 3. The van der Waals surface area contributed by atoms with Gasteiger partial charge in [0.15, 0.2) is 0 Å². The summed E-state index contributed by atoms with van der Waals surface area (Å²) in [6, 6.07) is 17.9. The number of nitrogens with one attached hydrogen (secondary N) is 1. The van der Waals surface area contributed by atoms with Crippen LogP contribution in [0.1, 0.15) is 33.5 Å². The van der Waals surface area contributed by atoms with Crippen molar-refractivity contribution < 1.29 is 9.90 Å². The van der Waals surface area contributed by atoms with Gasteiger partial charge in [-0.1, -0.05) is 48.0 Å². The Kier molecular flexibility index (Phi) is 4.67. The highest BCUT2D eigenvalue weighted by Gasteiger charge is 2.23. The second-order valence-electron chi connectivity index (χ2n) is 6.37. The van der Waals surface area contributed by atoms with Gasteiger partial charge >= 0.3 is 5.97 Å². The Morgan fingerprint density at radius 3 is 2.50 bits per heavy atom. The number of benzene rings is 2. The molecule has 1 aliphatic heterocycles. The highest BCUT2D eigenvalue weighted by molar-refractivity contribution is 6.33. The van der Waals surface area contributed by atoms with Crippen LogP contribution in [0.4, 0.5) is 0 Å². The summed E-state index contributed by atoms with van der Waals surface area (Å²) in [4.78, 5) is 30.7. The van der Waals surface area contributed by atoms with E-state index in [4.69, 9.17) is 16.6 Å². The summed E-state index contributed by atoms with van der Waals surface area (Å²) in [7, 11) is 0. The van der Waals surface area contributed by atoms with Crippen molar-refractivity contribution in [2.45, 2.75) is 6.42 Å². The van der Waals surface area contributed by atoms with Crippen LogP contribution >= 0.6 is 11.6 Å². The Morgan fingerprint density at radius 2 is 1.79 bits per heavy atom. The fourth-order valence-corrected chi connectivity index (χ4v) is 3.43. The van der Waals surface area contributed by atoms with E-state index in [1.165, 1.54) is 6.07 Å². The quantitative estimate of drug-likeness (QED) is 0.688. The molecule has 0 aliphatic carbocycles. The molecule has 5 nitrogen and oxygen atoms in total. The standard InChI is InChI=1S/C22H15ClN2O3/c23-18-7-6-14(10-17(18)22(27)28)16-12-19(13-4-2-1-3-5-13)25-21(16)15-8-9-24-20(26)11-15/h1-11H,12H2,(H,24,26)(H,27,28). The SMILES string of the molecule is O=C(O)c1cc(C2=C(c3cc[nH]c(=O)c3)N=C(c3ccccc3)C2)ccc1Cl. The smallest absolute Gasteiger partial charge is 0.337 e. The van der Waals surface area contributed by atoms with Crippen LogP contribution in [0.3, 0.4) is 0 Å². The summed E-state index contributed by atoms with van der Waals surface area (Å²) < 4.78 is 0. The van der Waals surface area contributed by atoms with E-state index in [0.29, 0.717) is 23.2 Å². The van der Waals surface area contributed by atoms with E-state index in [-0.39, 0.29) is 16.1 Å². The number of aromatic amines is 1. The van der Waals surface area contributed by atoms with E-state index in [1.807, 2.05) is 30.3 Å². The maximum atomic E-state index is 11.8. The molecule has 0 unspecified atom stereocenters. The fourth-order valence-electron chi connectivity index (χ4n) is 3.24. The second-order valence-corrected chi connectivity index (χ2v) is 6.78. The van der Waals surface area contributed by atoms with Gasteiger partial charge in [0, 0.05) is 24.2 Å². The fraction of sp³-hybridized carbons (Fsp3) is 0.0455. The number of aromatic carboxylic acids is 1. The van der Waals surface area contributed by atoms with Crippen molar-refractivity contribution in [3.63, 3.8) is 0 Å². The topological polar surface area (TPSA) is 82.5 Å². The van der Waals surface area contributed by atoms with Crippen LogP contribution < -0.4 is 5.56 Å². The zero-order valence-corrected chi connectivity index (χ0v) is 15.4. The number of carbonyl (C=O) groups is 1. The molecule has 1 aliphatic rings. The minimum Gasteiger partial charge on any atom is -0.478 e. The van der Waals surface area contributed by atoms with Crippen molar-refractivity contribution in [2.24, 2.45) is 4.99 Å². The van der Waals surface area contributed by atoms with Gasteiger partial charge in [-0.15, -0.1) is 0 Å². The average molecular weight is 391 g/mol. The van der Waals surface area contributed by atoms with Crippen molar-refractivity contribution in [3.05, 3.63) is 104 Å². The molecule has 3 aromatic rings. The summed E-state index contributed by atoms with van der Waals surface area (Å²) >= 11 is 6.03. The number of carboxylic acid groups (broad SMARTS) is 1. The zero-order valence-electron chi connectivity index (χ0n) is 14.6. The molecule has 0 saturated heterocycles. The van der Waals surface area contributed by atoms with E-state index in [0.717, 1.165) is 16.8 Å². The Bertz CT molecular complexity index is 1190. The summed E-state index contributed by atoms with van der Waals surface area (Å²) in [5.74, 6) is -1.09. The molecule has 0 fully saturated rings. The van der Waals surface area contributed by atoms with Crippen LogP contribution in [-0.2, 0) is 0 Å². The third kappa shape index (κ3) is 3.40. The molecule has 6 heteroatoms. The molecule has 2 heterocycles. The lowest BCUT2D eigenvalue weighted by atomic mass is 9.95. The van der Waals surface area contributed by atoms with Gasteiger partial charge in [-0.25, -0.2) is 4.79 Å². The van der Waals surface area contributed by atoms with Gasteiger partial charge in [0.25, 0.3) is 0 Å². The van der Waals surface area contributed by atoms with E-state index in [2.05, 4.69) is 4.98 Å². The molecule has 2 N–H and O–H groups in total. The van der Waals surface area contributed by atoms with E-state index < -0.39 is 5.97 Å². The predicted octanol–water partition coefficient (Wildman–Crippen LogP) is 4.49. The second kappa shape index (κ2) is 7.29. The Morgan fingerprint density at radius 1 is 1.00 bits per heavy atom. The maximum absolute atomic E-state index is 11.8. The van der Waals surface area contributed by atoms with Gasteiger partial charge in [-0.05, 0) is 34.9 Å². The molecular weight excluding hydrogens is 376 g/mol. The number of allylic oxidation sites excluding steroid dienone is 1. The van der Waals surface area contributed by atoms with Gasteiger partial charge in [0.2, 0.25) is 5.56 Å². The normalized spacial score (nSPS) is 13.5. The van der Waals surface area contributed by atoms with Crippen LogP contribution in [0, 0.1) is 0 Å². The highest BCUT2D eigenvalue weighted by Crippen LogP contribution is 2.37. The van der Waals surface area contributed by atoms with Crippen molar-refractivity contribution >= 4 is 34.6 Å². The zero-order chi connectivity index (χ0) is 19.7. The van der Waals surface area contributed by atoms with Crippen molar-refractivity contribution in [2.75, 3.05) is 0 Å². The van der Waals surface area contributed by atoms with Gasteiger partial charge in [-0.2, -0.15) is 0 Å². The average Bonchev–Trinajstić information content (AvgIpc) is 3.14. The Hall–Kier alpha value is -3.44. The van der Waals surface area contributed by atoms with Gasteiger partial charge in [-0.3, -0.25) is 9.79 Å². The number of hydrogen-bond donors (Lipinski definition) is 2. The number of rotatable bonds is 4. The number of aromatic nitrogens is 1. The van der Waals surface area contributed by atoms with Crippen molar-refractivity contribution in [3.8, 4) is 0 Å². The van der Waals surface area contributed by atoms with Crippen LogP contribution in [0.2, 0.25) is 5.02 Å². The largest absolute Gasteiger partial charge is 0.478 e. The first-order chi connectivity index (χ1) is 13.5. The molecule has 0 bridgehead atoms. The number of nitrogens with zero attached hydrogens (tertiary/aromatic N) is 1. The molecule has 2 aromatic carbocycles. The first-order valence-electron chi connectivity index (χ1n) is 8.61. The molecule has 0 saturated carbocycles.